The smallest absolute Gasteiger partial charge is 0.260 e. The summed E-state index contributed by atoms with van der Waals surface area (Å²) in [5, 5.41) is 2.14. The number of hydrogen-bond acceptors (Lipinski definition) is 4. The first-order chi connectivity index (χ1) is 13.1. The lowest BCUT2D eigenvalue weighted by Crippen LogP contribution is -2.40. The van der Waals surface area contributed by atoms with Crippen molar-refractivity contribution in [3.63, 3.8) is 0 Å². The highest BCUT2D eigenvalue weighted by atomic mass is 35.5. The molecule has 1 aromatic heterocycles. The Morgan fingerprint density at radius 2 is 1.96 bits per heavy atom. The summed E-state index contributed by atoms with van der Waals surface area (Å²) >= 11 is 13.8. The summed E-state index contributed by atoms with van der Waals surface area (Å²) in [6, 6.07) is 13.2. The molecule has 1 fully saturated rings. The van der Waals surface area contributed by atoms with Crippen molar-refractivity contribution in [2.45, 2.75) is 18.8 Å². The molecule has 0 N–H and O–H groups in total. The molecule has 4 nitrogen and oxygen atoms in total. The molecule has 0 radical (unpaired) electrons. The van der Waals surface area contributed by atoms with Crippen LogP contribution >= 0.6 is 34.5 Å². The van der Waals surface area contributed by atoms with Crippen LogP contribution in [0.5, 0.6) is 5.75 Å². The molecule has 1 saturated heterocycles. The van der Waals surface area contributed by atoms with Gasteiger partial charge in [0.25, 0.3) is 5.91 Å². The van der Waals surface area contributed by atoms with E-state index < -0.39 is 0 Å². The normalized spacial score (nSPS) is 15.3. The molecule has 0 unspecified atom stereocenters. The predicted octanol–water partition coefficient (Wildman–Crippen LogP) is 5.39. The highest BCUT2D eigenvalue weighted by molar-refractivity contribution is 7.18. The maximum atomic E-state index is 12.5. The van der Waals surface area contributed by atoms with E-state index in [0.29, 0.717) is 34.8 Å². The number of hydrogen-bond donors (Lipinski definition) is 0. The van der Waals surface area contributed by atoms with Gasteiger partial charge in [0.15, 0.2) is 6.61 Å². The van der Waals surface area contributed by atoms with Gasteiger partial charge in [-0.3, -0.25) is 4.79 Å². The second-order valence-electron chi connectivity index (χ2n) is 6.54. The summed E-state index contributed by atoms with van der Waals surface area (Å²) in [7, 11) is 0. The molecule has 0 atom stereocenters. The molecule has 7 heteroatoms. The average Bonchev–Trinajstić information content (AvgIpc) is 3.13. The molecule has 1 amide bonds. The Morgan fingerprint density at radius 1 is 1.19 bits per heavy atom. The zero-order chi connectivity index (χ0) is 18.8. The minimum Gasteiger partial charge on any atom is -0.482 e. The molecule has 0 spiro atoms. The van der Waals surface area contributed by atoms with Crippen LogP contribution in [0.2, 0.25) is 10.0 Å². The van der Waals surface area contributed by atoms with Crippen LogP contribution in [0.15, 0.2) is 42.5 Å². The predicted molar refractivity (Wildman–Crippen MR) is 110 cm³/mol. The van der Waals surface area contributed by atoms with Crippen molar-refractivity contribution < 1.29 is 9.53 Å². The van der Waals surface area contributed by atoms with E-state index in [1.807, 2.05) is 23.1 Å². The third-order valence-electron chi connectivity index (χ3n) is 4.75. The number of ether oxygens (including phenoxy) is 1. The molecule has 1 aliphatic rings. The van der Waals surface area contributed by atoms with E-state index >= 15 is 0 Å². The molecule has 0 bridgehead atoms. The quantitative estimate of drug-likeness (QED) is 0.568. The Kier molecular flexibility index (Phi) is 5.53. The second-order valence-corrected chi connectivity index (χ2v) is 8.44. The van der Waals surface area contributed by atoms with Crippen molar-refractivity contribution in [2.24, 2.45) is 0 Å². The van der Waals surface area contributed by atoms with Crippen LogP contribution in [-0.2, 0) is 4.79 Å². The van der Waals surface area contributed by atoms with Gasteiger partial charge in [0, 0.05) is 30.1 Å². The van der Waals surface area contributed by atoms with Crippen LogP contribution in [0, 0.1) is 0 Å². The lowest BCUT2D eigenvalue weighted by molar-refractivity contribution is -0.134. The number of carbonyl (C=O) groups excluding carboxylic acids is 1. The second kappa shape index (κ2) is 8.05. The van der Waals surface area contributed by atoms with Crippen molar-refractivity contribution in [1.29, 1.82) is 0 Å². The number of fused-ring (bicyclic) bond motifs is 1. The number of nitrogens with zero attached hydrogens (tertiary/aromatic N) is 2. The summed E-state index contributed by atoms with van der Waals surface area (Å²) in [4.78, 5) is 19.1. The van der Waals surface area contributed by atoms with Gasteiger partial charge in [-0.2, -0.15) is 0 Å². The molecule has 1 aliphatic heterocycles. The molecular formula is C20H18Cl2N2O2S. The molecule has 3 aromatic rings. The fraction of sp³-hybridized carbons (Fsp3) is 0.300. The van der Waals surface area contributed by atoms with E-state index in [9.17, 15) is 4.79 Å². The third-order valence-corrected chi connectivity index (χ3v) is 6.50. The van der Waals surface area contributed by atoms with Crippen molar-refractivity contribution in [3.05, 3.63) is 57.5 Å². The summed E-state index contributed by atoms with van der Waals surface area (Å²) in [6.07, 6.45) is 1.84. The van der Waals surface area contributed by atoms with Gasteiger partial charge in [0.2, 0.25) is 0 Å². The molecule has 140 valence electrons. The van der Waals surface area contributed by atoms with Crippen molar-refractivity contribution >= 4 is 50.7 Å². The van der Waals surface area contributed by atoms with Gasteiger partial charge in [-0.15, -0.1) is 11.3 Å². The maximum absolute atomic E-state index is 12.5. The number of para-hydroxylation sites is 1. The van der Waals surface area contributed by atoms with Crippen LogP contribution in [0.1, 0.15) is 23.8 Å². The molecule has 27 heavy (non-hydrogen) atoms. The highest BCUT2D eigenvalue weighted by Crippen LogP contribution is 2.34. The molecule has 0 saturated carbocycles. The molecule has 2 aromatic carbocycles. The molecular weight excluding hydrogens is 403 g/mol. The first kappa shape index (κ1) is 18.5. The summed E-state index contributed by atoms with van der Waals surface area (Å²) in [5.74, 6) is 0.811. The Labute approximate surface area is 171 Å². The average molecular weight is 421 g/mol. The number of likely N-dealkylation sites (tertiary alicyclic amines) is 1. The van der Waals surface area contributed by atoms with Gasteiger partial charge in [-0.25, -0.2) is 4.98 Å². The largest absolute Gasteiger partial charge is 0.482 e. The Morgan fingerprint density at radius 3 is 2.74 bits per heavy atom. The zero-order valence-electron chi connectivity index (χ0n) is 14.5. The van der Waals surface area contributed by atoms with Crippen LogP contribution in [0.4, 0.5) is 0 Å². The number of rotatable bonds is 4. The van der Waals surface area contributed by atoms with Gasteiger partial charge in [0.1, 0.15) is 5.75 Å². The Hall–Kier alpha value is -1.82. The van der Waals surface area contributed by atoms with E-state index in [4.69, 9.17) is 32.9 Å². The summed E-state index contributed by atoms with van der Waals surface area (Å²) < 4.78 is 6.79. The SMILES string of the molecule is O=C(COc1cc(Cl)ccc1Cl)N1CCC(c2nc3ccccc3s2)CC1. The number of amides is 1. The Bertz CT molecular complexity index is 935. The standard InChI is InChI=1S/C20H18Cl2N2O2S/c21-14-5-6-15(22)17(11-14)26-12-19(25)24-9-7-13(8-10-24)20-23-16-3-1-2-4-18(16)27-20/h1-6,11,13H,7-10,12H2. The fourth-order valence-corrected chi connectivity index (χ4v) is 4.73. The Balaban J connectivity index is 1.33. The third kappa shape index (κ3) is 4.21. The van der Waals surface area contributed by atoms with Gasteiger partial charge in [0.05, 0.1) is 20.2 Å². The van der Waals surface area contributed by atoms with Crippen LogP contribution in [0.3, 0.4) is 0 Å². The van der Waals surface area contributed by atoms with Crippen molar-refractivity contribution in [1.82, 2.24) is 9.88 Å². The number of carbonyl (C=O) groups is 1. The van der Waals surface area contributed by atoms with Crippen LogP contribution in [-0.4, -0.2) is 35.5 Å². The number of benzene rings is 2. The summed E-state index contributed by atoms with van der Waals surface area (Å²) in [5.41, 5.74) is 1.06. The van der Waals surface area contributed by atoms with E-state index in [0.717, 1.165) is 18.4 Å². The topological polar surface area (TPSA) is 42.4 Å². The van der Waals surface area contributed by atoms with Gasteiger partial charge in [-0.05, 0) is 37.1 Å². The lowest BCUT2D eigenvalue weighted by Gasteiger charge is -2.31. The number of thiazole rings is 1. The maximum Gasteiger partial charge on any atom is 0.260 e. The van der Waals surface area contributed by atoms with Gasteiger partial charge in [-0.1, -0.05) is 35.3 Å². The number of halogens is 2. The number of aromatic nitrogens is 1. The van der Waals surface area contributed by atoms with Crippen molar-refractivity contribution in [2.75, 3.05) is 19.7 Å². The molecule has 4 rings (SSSR count). The first-order valence-corrected chi connectivity index (χ1v) is 10.4. The first-order valence-electron chi connectivity index (χ1n) is 8.81. The minimum atomic E-state index is -0.0358. The van der Waals surface area contributed by atoms with Crippen LogP contribution in [0.25, 0.3) is 10.2 Å². The lowest BCUT2D eigenvalue weighted by atomic mass is 9.97. The highest BCUT2D eigenvalue weighted by Gasteiger charge is 2.26. The van der Waals surface area contributed by atoms with Crippen LogP contribution < -0.4 is 4.74 Å². The van der Waals surface area contributed by atoms with Crippen molar-refractivity contribution in [3.8, 4) is 5.75 Å². The zero-order valence-corrected chi connectivity index (χ0v) is 16.9. The summed E-state index contributed by atoms with van der Waals surface area (Å²) in [6.45, 7) is 1.39. The van der Waals surface area contributed by atoms with E-state index in [1.54, 1.807) is 29.5 Å². The number of piperidine rings is 1. The van der Waals surface area contributed by atoms with E-state index in [-0.39, 0.29) is 12.5 Å². The minimum absolute atomic E-state index is 0.0335. The molecule has 2 heterocycles. The monoisotopic (exact) mass is 420 g/mol. The molecule has 0 aliphatic carbocycles. The fourth-order valence-electron chi connectivity index (χ4n) is 3.26. The van der Waals surface area contributed by atoms with E-state index in [1.165, 1.54) is 9.71 Å². The van der Waals surface area contributed by atoms with E-state index in [2.05, 4.69) is 6.07 Å². The van der Waals surface area contributed by atoms with Gasteiger partial charge >= 0.3 is 0 Å². The van der Waals surface area contributed by atoms with Gasteiger partial charge < -0.3 is 9.64 Å².